The van der Waals surface area contributed by atoms with E-state index in [9.17, 15) is 13.6 Å². The zero-order valence-electron chi connectivity index (χ0n) is 10.8. The van der Waals surface area contributed by atoms with E-state index >= 15 is 0 Å². The molecule has 0 saturated carbocycles. The first-order valence-corrected chi connectivity index (χ1v) is 6.09. The van der Waals surface area contributed by atoms with Crippen LogP contribution in [0.1, 0.15) is 12.5 Å². The van der Waals surface area contributed by atoms with Gasteiger partial charge < -0.3 is 15.1 Å². The van der Waals surface area contributed by atoms with Gasteiger partial charge in [0.05, 0.1) is 12.5 Å². The number of furan rings is 1. The SMILES string of the molecule is C[C@@H](Cc1ccoc1)NC(=O)Nc1c(F)cccc1F. The van der Waals surface area contributed by atoms with Crippen LogP contribution in [0.5, 0.6) is 0 Å². The minimum Gasteiger partial charge on any atom is -0.472 e. The number of benzene rings is 1. The fourth-order valence-corrected chi connectivity index (χ4v) is 1.80. The van der Waals surface area contributed by atoms with E-state index in [4.69, 9.17) is 4.42 Å². The van der Waals surface area contributed by atoms with Gasteiger partial charge in [-0.1, -0.05) is 6.07 Å². The molecule has 0 spiro atoms. The van der Waals surface area contributed by atoms with Gasteiger partial charge in [0.15, 0.2) is 0 Å². The predicted molar refractivity (Wildman–Crippen MR) is 70.4 cm³/mol. The van der Waals surface area contributed by atoms with Crippen molar-refractivity contribution in [2.75, 3.05) is 5.32 Å². The maximum atomic E-state index is 13.4. The molecule has 2 N–H and O–H groups in total. The Morgan fingerprint density at radius 3 is 2.60 bits per heavy atom. The maximum absolute atomic E-state index is 13.4. The lowest BCUT2D eigenvalue weighted by Crippen LogP contribution is -2.37. The van der Waals surface area contributed by atoms with E-state index in [0.717, 1.165) is 17.7 Å². The van der Waals surface area contributed by atoms with Gasteiger partial charge in [0.25, 0.3) is 0 Å². The molecule has 2 amide bonds. The Bertz CT molecular complexity index is 565. The molecule has 1 aromatic carbocycles. The fraction of sp³-hybridized carbons (Fsp3) is 0.214. The van der Waals surface area contributed by atoms with E-state index in [0.29, 0.717) is 6.42 Å². The third-order valence-electron chi connectivity index (χ3n) is 2.70. The summed E-state index contributed by atoms with van der Waals surface area (Å²) >= 11 is 0. The van der Waals surface area contributed by atoms with Crippen LogP contribution >= 0.6 is 0 Å². The molecule has 0 unspecified atom stereocenters. The highest BCUT2D eigenvalue weighted by Gasteiger charge is 2.13. The summed E-state index contributed by atoms with van der Waals surface area (Å²) in [6.45, 7) is 1.78. The summed E-state index contributed by atoms with van der Waals surface area (Å²) in [5, 5.41) is 4.76. The number of carbonyl (C=O) groups excluding carboxylic acids is 1. The van der Waals surface area contributed by atoms with Crippen LogP contribution in [0.2, 0.25) is 0 Å². The van der Waals surface area contributed by atoms with Crippen LogP contribution in [0.3, 0.4) is 0 Å². The summed E-state index contributed by atoms with van der Waals surface area (Å²) in [6.07, 6.45) is 3.67. The molecule has 2 aromatic rings. The van der Waals surface area contributed by atoms with Crippen LogP contribution in [-0.2, 0) is 6.42 Å². The molecular formula is C14H14F2N2O2. The lowest BCUT2D eigenvalue weighted by atomic mass is 10.1. The molecule has 0 saturated heterocycles. The van der Waals surface area contributed by atoms with Gasteiger partial charge in [-0.15, -0.1) is 0 Å². The molecule has 2 rings (SSSR count). The third kappa shape index (κ3) is 3.57. The lowest BCUT2D eigenvalue weighted by molar-refractivity contribution is 0.249. The van der Waals surface area contributed by atoms with E-state index in [-0.39, 0.29) is 6.04 Å². The number of urea groups is 1. The maximum Gasteiger partial charge on any atom is 0.319 e. The molecule has 0 bridgehead atoms. The molecule has 1 atom stereocenters. The molecule has 4 nitrogen and oxygen atoms in total. The molecule has 0 aliphatic carbocycles. The van der Waals surface area contributed by atoms with Crippen molar-refractivity contribution < 1.29 is 18.0 Å². The van der Waals surface area contributed by atoms with Crippen molar-refractivity contribution in [3.63, 3.8) is 0 Å². The summed E-state index contributed by atoms with van der Waals surface area (Å²) in [4.78, 5) is 11.7. The topological polar surface area (TPSA) is 54.3 Å². The van der Waals surface area contributed by atoms with Crippen LogP contribution in [0, 0.1) is 11.6 Å². The predicted octanol–water partition coefficient (Wildman–Crippen LogP) is 3.31. The highest BCUT2D eigenvalue weighted by atomic mass is 19.1. The van der Waals surface area contributed by atoms with Crippen LogP contribution in [0.15, 0.2) is 41.2 Å². The van der Waals surface area contributed by atoms with Gasteiger partial charge in [-0.2, -0.15) is 0 Å². The van der Waals surface area contributed by atoms with E-state index < -0.39 is 23.4 Å². The van der Waals surface area contributed by atoms with Crippen molar-refractivity contribution in [1.29, 1.82) is 0 Å². The Labute approximate surface area is 114 Å². The summed E-state index contributed by atoms with van der Waals surface area (Å²) in [7, 11) is 0. The van der Waals surface area contributed by atoms with Crippen molar-refractivity contribution in [2.45, 2.75) is 19.4 Å². The summed E-state index contributed by atoms with van der Waals surface area (Å²) in [6, 6.07) is 4.30. The van der Waals surface area contributed by atoms with Crippen LogP contribution in [0.4, 0.5) is 19.3 Å². The number of amides is 2. The first kappa shape index (κ1) is 14.0. The average molecular weight is 280 g/mol. The Morgan fingerprint density at radius 1 is 1.30 bits per heavy atom. The third-order valence-corrected chi connectivity index (χ3v) is 2.70. The van der Waals surface area contributed by atoms with Crippen molar-refractivity contribution in [3.05, 3.63) is 54.0 Å². The van der Waals surface area contributed by atoms with Crippen molar-refractivity contribution in [1.82, 2.24) is 5.32 Å². The van der Waals surface area contributed by atoms with E-state index in [2.05, 4.69) is 10.6 Å². The Kier molecular flexibility index (Phi) is 4.34. The second-order valence-electron chi connectivity index (χ2n) is 4.43. The monoisotopic (exact) mass is 280 g/mol. The van der Waals surface area contributed by atoms with E-state index in [1.807, 2.05) is 0 Å². The fourth-order valence-electron chi connectivity index (χ4n) is 1.80. The van der Waals surface area contributed by atoms with E-state index in [1.165, 1.54) is 12.3 Å². The van der Waals surface area contributed by atoms with Gasteiger partial charge in [0.2, 0.25) is 0 Å². The molecule has 6 heteroatoms. The van der Waals surface area contributed by atoms with Crippen LogP contribution in [0.25, 0.3) is 0 Å². The first-order chi connectivity index (χ1) is 9.56. The molecule has 0 fully saturated rings. The van der Waals surface area contributed by atoms with Crippen LogP contribution < -0.4 is 10.6 Å². The zero-order chi connectivity index (χ0) is 14.5. The number of hydrogen-bond acceptors (Lipinski definition) is 2. The van der Waals surface area contributed by atoms with Crippen LogP contribution in [-0.4, -0.2) is 12.1 Å². The second-order valence-corrected chi connectivity index (χ2v) is 4.43. The minimum atomic E-state index is -0.817. The molecule has 0 aliphatic heterocycles. The van der Waals surface area contributed by atoms with Gasteiger partial charge in [-0.05, 0) is 37.1 Å². The summed E-state index contributed by atoms with van der Waals surface area (Å²) < 4.78 is 31.6. The number of hydrogen-bond donors (Lipinski definition) is 2. The molecule has 0 radical (unpaired) electrons. The molecule has 106 valence electrons. The summed E-state index contributed by atoms with van der Waals surface area (Å²) in [5.74, 6) is -1.63. The highest BCUT2D eigenvalue weighted by molar-refractivity contribution is 5.89. The average Bonchev–Trinajstić information content (AvgIpc) is 2.86. The molecule has 20 heavy (non-hydrogen) atoms. The van der Waals surface area contributed by atoms with E-state index in [1.54, 1.807) is 19.3 Å². The Balaban J connectivity index is 1.92. The standard InChI is InChI=1S/C14H14F2N2O2/c1-9(7-10-5-6-20-8-10)17-14(19)18-13-11(15)3-2-4-12(13)16/h2-6,8-9H,7H2,1H3,(H2,17,18,19)/t9-/m0/s1. The Morgan fingerprint density at radius 2 is 2.00 bits per heavy atom. The van der Waals surface area contributed by atoms with Gasteiger partial charge in [-0.3, -0.25) is 0 Å². The second kappa shape index (κ2) is 6.18. The summed E-state index contributed by atoms with van der Waals surface area (Å²) in [5.41, 5.74) is 0.468. The molecule has 1 heterocycles. The molecule has 0 aliphatic rings. The molecule has 1 aromatic heterocycles. The smallest absolute Gasteiger partial charge is 0.319 e. The number of carbonyl (C=O) groups is 1. The van der Waals surface area contributed by atoms with Crippen molar-refractivity contribution in [2.24, 2.45) is 0 Å². The normalized spacial score (nSPS) is 11.9. The number of para-hydroxylation sites is 1. The highest BCUT2D eigenvalue weighted by Crippen LogP contribution is 2.17. The van der Waals surface area contributed by atoms with Crippen molar-refractivity contribution >= 4 is 11.7 Å². The van der Waals surface area contributed by atoms with Gasteiger partial charge in [-0.25, -0.2) is 13.6 Å². The lowest BCUT2D eigenvalue weighted by Gasteiger charge is -2.14. The van der Waals surface area contributed by atoms with Gasteiger partial charge >= 0.3 is 6.03 Å². The number of halogens is 2. The largest absolute Gasteiger partial charge is 0.472 e. The minimum absolute atomic E-state index is 0.206. The first-order valence-electron chi connectivity index (χ1n) is 6.09. The quantitative estimate of drug-likeness (QED) is 0.902. The van der Waals surface area contributed by atoms with Crippen molar-refractivity contribution in [3.8, 4) is 0 Å². The number of nitrogens with one attached hydrogen (secondary N) is 2. The number of rotatable bonds is 4. The number of anilines is 1. The molecular weight excluding hydrogens is 266 g/mol. The Hall–Kier alpha value is -2.37. The zero-order valence-corrected chi connectivity index (χ0v) is 10.8. The van der Waals surface area contributed by atoms with Gasteiger partial charge in [0, 0.05) is 6.04 Å². The van der Waals surface area contributed by atoms with Gasteiger partial charge in [0.1, 0.15) is 17.3 Å².